The van der Waals surface area contributed by atoms with Crippen molar-refractivity contribution < 1.29 is 9.47 Å². The average Bonchev–Trinajstić information content (AvgIpc) is 2.57. The maximum Gasteiger partial charge on any atom is 0.232 e. The van der Waals surface area contributed by atoms with Crippen LogP contribution in [0, 0.1) is 0 Å². The molecule has 1 fully saturated rings. The summed E-state index contributed by atoms with van der Waals surface area (Å²) in [6.07, 6.45) is 5.21. The van der Waals surface area contributed by atoms with Gasteiger partial charge in [0, 0.05) is 34.9 Å². The summed E-state index contributed by atoms with van der Waals surface area (Å²) < 4.78 is 10.9. The molecule has 7 heteroatoms. The Morgan fingerprint density at radius 2 is 1.87 bits per heavy atom. The Morgan fingerprint density at radius 3 is 2.52 bits per heavy atom. The molecule has 3 rings (SSSR count). The van der Waals surface area contributed by atoms with Gasteiger partial charge in [-0.15, -0.1) is 0 Å². The fourth-order valence-electron chi connectivity index (χ4n) is 2.33. The molecular weight excluding hydrogens is 337 g/mol. The zero-order chi connectivity index (χ0) is 16.1. The summed E-state index contributed by atoms with van der Waals surface area (Å²) in [5.74, 6) is 1.17. The second-order valence-electron chi connectivity index (χ2n) is 5.26. The first-order chi connectivity index (χ1) is 11.2. The standard InChI is InChI=1S/C16H17Cl2N3O2/c17-13-2-1-3-14(18)12(13)10-23-16-9-19-15(8-20-16)21-11-4-6-22-7-5-11/h1-3,8-9,11H,4-7,10H2,(H,19,21). The highest BCUT2D eigenvalue weighted by Gasteiger charge is 2.14. The molecule has 0 aliphatic carbocycles. The molecule has 0 spiro atoms. The summed E-state index contributed by atoms with van der Waals surface area (Å²) in [5.41, 5.74) is 0.738. The lowest BCUT2D eigenvalue weighted by molar-refractivity contribution is 0.0904. The SMILES string of the molecule is Clc1cccc(Cl)c1COc1cnc(NC2CCOCC2)cn1. The maximum absolute atomic E-state index is 6.11. The number of nitrogens with zero attached hydrogens (tertiary/aromatic N) is 2. The smallest absolute Gasteiger partial charge is 0.232 e. The molecule has 1 saturated heterocycles. The summed E-state index contributed by atoms with van der Waals surface area (Å²) >= 11 is 12.2. The van der Waals surface area contributed by atoms with Crippen LogP contribution < -0.4 is 10.1 Å². The van der Waals surface area contributed by atoms with Gasteiger partial charge < -0.3 is 14.8 Å². The van der Waals surface area contributed by atoms with Crippen LogP contribution in [-0.4, -0.2) is 29.2 Å². The lowest BCUT2D eigenvalue weighted by Crippen LogP contribution is -2.28. The van der Waals surface area contributed by atoms with Crippen LogP contribution in [-0.2, 0) is 11.3 Å². The highest BCUT2D eigenvalue weighted by Crippen LogP contribution is 2.25. The molecule has 1 aromatic carbocycles. The van der Waals surface area contributed by atoms with E-state index in [1.807, 2.05) is 0 Å². The van der Waals surface area contributed by atoms with Crippen molar-refractivity contribution in [3.63, 3.8) is 0 Å². The van der Waals surface area contributed by atoms with E-state index < -0.39 is 0 Å². The second-order valence-corrected chi connectivity index (χ2v) is 6.07. The van der Waals surface area contributed by atoms with Crippen LogP contribution in [0.25, 0.3) is 0 Å². The first kappa shape index (κ1) is 16.3. The zero-order valence-corrected chi connectivity index (χ0v) is 14.0. The molecule has 1 aromatic heterocycles. The van der Waals surface area contributed by atoms with Crippen molar-refractivity contribution >= 4 is 29.0 Å². The summed E-state index contributed by atoms with van der Waals surface area (Å²) in [6, 6.07) is 5.73. The number of hydrogen-bond acceptors (Lipinski definition) is 5. The molecule has 0 atom stereocenters. The summed E-state index contributed by atoms with van der Waals surface area (Å²) in [7, 11) is 0. The summed E-state index contributed by atoms with van der Waals surface area (Å²) in [4.78, 5) is 8.58. The van der Waals surface area contributed by atoms with Gasteiger partial charge >= 0.3 is 0 Å². The topological polar surface area (TPSA) is 56.3 Å². The number of nitrogens with one attached hydrogen (secondary N) is 1. The number of hydrogen-bond donors (Lipinski definition) is 1. The van der Waals surface area contributed by atoms with Gasteiger partial charge in [-0.05, 0) is 25.0 Å². The van der Waals surface area contributed by atoms with Crippen molar-refractivity contribution in [1.82, 2.24) is 9.97 Å². The number of benzene rings is 1. The van der Waals surface area contributed by atoms with Gasteiger partial charge in [0.2, 0.25) is 5.88 Å². The maximum atomic E-state index is 6.11. The van der Waals surface area contributed by atoms with Crippen LogP contribution in [0.5, 0.6) is 5.88 Å². The molecule has 0 saturated carbocycles. The lowest BCUT2D eigenvalue weighted by Gasteiger charge is -2.23. The van der Waals surface area contributed by atoms with E-state index in [-0.39, 0.29) is 6.61 Å². The van der Waals surface area contributed by atoms with Crippen molar-refractivity contribution in [3.05, 3.63) is 46.2 Å². The van der Waals surface area contributed by atoms with Gasteiger partial charge in [-0.1, -0.05) is 29.3 Å². The Hall–Kier alpha value is -1.56. The van der Waals surface area contributed by atoms with Crippen LogP contribution in [0.2, 0.25) is 10.0 Å². The lowest BCUT2D eigenvalue weighted by atomic mass is 10.1. The summed E-state index contributed by atoms with van der Waals surface area (Å²) in [5, 5.41) is 4.49. The molecule has 1 N–H and O–H groups in total. The van der Waals surface area contributed by atoms with Crippen LogP contribution in [0.1, 0.15) is 18.4 Å². The van der Waals surface area contributed by atoms with E-state index in [4.69, 9.17) is 32.7 Å². The Morgan fingerprint density at radius 1 is 1.13 bits per heavy atom. The quantitative estimate of drug-likeness (QED) is 0.881. The molecule has 0 unspecified atom stereocenters. The van der Waals surface area contributed by atoms with Crippen molar-refractivity contribution in [2.24, 2.45) is 0 Å². The number of ether oxygens (including phenoxy) is 2. The first-order valence-corrected chi connectivity index (χ1v) is 8.20. The normalized spacial score (nSPS) is 15.4. The molecule has 1 aliphatic heterocycles. The van der Waals surface area contributed by atoms with E-state index in [0.29, 0.717) is 22.0 Å². The Kier molecular flexibility index (Phi) is 5.54. The molecule has 5 nitrogen and oxygen atoms in total. The largest absolute Gasteiger partial charge is 0.472 e. The molecule has 2 aromatic rings. The molecule has 0 radical (unpaired) electrons. The third-order valence-corrected chi connectivity index (χ3v) is 4.34. The van der Waals surface area contributed by atoms with E-state index in [9.17, 15) is 0 Å². The minimum Gasteiger partial charge on any atom is -0.472 e. The van der Waals surface area contributed by atoms with E-state index in [1.54, 1.807) is 30.6 Å². The summed E-state index contributed by atoms with van der Waals surface area (Å²) in [6.45, 7) is 1.82. The Balaban J connectivity index is 1.57. The molecule has 1 aliphatic rings. The van der Waals surface area contributed by atoms with Gasteiger partial charge in [-0.25, -0.2) is 9.97 Å². The predicted molar refractivity (Wildman–Crippen MR) is 90.3 cm³/mol. The fourth-order valence-corrected chi connectivity index (χ4v) is 2.84. The fraction of sp³-hybridized carbons (Fsp3) is 0.375. The van der Waals surface area contributed by atoms with E-state index in [2.05, 4.69) is 15.3 Å². The van der Waals surface area contributed by atoms with Gasteiger partial charge in [0.15, 0.2) is 0 Å². The van der Waals surface area contributed by atoms with E-state index in [0.717, 1.165) is 37.4 Å². The van der Waals surface area contributed by atoms with Crippen LogP contribution >= 0.6 is 23.2 Å². The molecule has 23 heavy (non-hydrogen) atoms. The third kappa shape index (κ3) is 4.47. The number of anilines is 1. The van der Waals surface area contributed by atoms with Crippen LogP contribution in [0.3, 0.4) is 0 Å². The third-order valence-electron chi connectivity index (χ3n) is 3.63. The molecule has 0 amide bonds. The van der Waals surface area contributed by atoms with Gasteiger partial charge in [0.25, 0.3) is 0 Å². The average molecular weight is 354 g/mol. The van der Waals surface area contributed by atoms with Gasteiger partial charge in [-0.3, -0.25) is 0 Å². The van der Waals surface area contributed by atoms with E-state index >= 15 is 0 Å². The number of aromatic nitrogens is 2. The predicted octanol–water partition coefficient (Wildman–Crippen LogP) is 3.95. The van der Waals surface area contributed by atoms with Crippen molar-refractivity contribution in [2.45, 2.75) is 25.5 Å². The first-order valence-electron chi connectivity index (χ1n) is 7.44. The van der Waals surface area contributed by atoms with Crippen molar-refractivity contribution in [3.8, 4) is 5.88 Å². The molecular formula is C16H17Cl2N3O2. The van der Waals surface area contributed by atoms with Crippen LogP contribution in [0.15, 0.2) is 30.6 Å². The molecule has 2 heterocycles. The molecule has 122 valence electrons. The van der Waals surface area contributed by atoms with Gasteiger partial charge in [0.1, 0.15) is 12.4 Å². The van der Waals surface area contributed by atoms with Crippen molar-refractivity contribution in [1.29, 1.82) is 0 Å². The highest BCUT2D eigenvalue weighted by atomic mass is 35.5. The minimum atomic E-state index is 0.250. The van der Waals surface area contributed by atoms with Crippen molar-refractivity contribution in [2.75, 3.05) is 18.5 Å². The van der Waals surface area contributed by atoms with Gasteiger partial charge in [0.05, 0.1) is 12.4 Å². The Bertz CT molecular complexity index is 626. The minimum absolute atomic E-state index is 0.250. The second kappa shape index (κ2) is 7.81. The van der Waals surface area contributed by atoms with E-state index in [1.165, 1.54) is 0 Å². The number of rotatable bonds is 5. The zero-order valence-electron chi connectivity index (χ0n) is 12.5. The number of halogens is 2. The monoisotopic (exact) mass is 353 g/mol. The highest BCUT2D eigenvalue weighted by molar-refractivity contribution is 6.35. The molecule has 0 bridgehead atoms. The van der Waals surface area contributed by atoms with Crippen LogP contribution in [0.4, 0.5) is 5.82 Å². The van der Waals surface area contributed by atoms with Gasteiger partial charge in [-0.2, -0.15) is 0 Å². The Labute approximate surface area is 144 Å².